The number of rotatable bonds is 2. The van der Waals surface area contributed by atoms with Crippen LogP contribution >= 0.6 is 11.8 Å². The molecule has 2 aliphatic rings. The third-order valence-corrected chi connectivity index (χ3v) is 4.06. The van der Waals surface area contributed by atoms with Gasteiger partial charge in [0.25, 0.3) is 0 Å². The van der Waals surface area contributed by atoms with E-state index in [1.807, 2.05) is 11.8 Å². The Bertz CT molecular complexity index is 204. The molecule has 0 saturated carbocycles. The molecule has 2 unspecified atom stereocenters. The number of nitrogens with one attached hydrogen (secondary N) is 2. The number of carbonyl (C=O) groups is 1. The highest BCUT2D eigenvalue weighted by Gasteiger charge is 2.25. The predicted molar refractivity (Wildman–Crippen MR) is 59.5 cm³/mol. The van der Waals surface area contributed by atoms with Crippen LogP contribution in [0.15, 0.2) is 0 Å². The molecule has 0 aromatic heterocycles. The summed E-state index contributed by atoms with van der Waals surface area (Å²) in [4.78, 5) is 11.6. The molecule has 2 rings (SSSR count). The van der Waals surface area contributed by atoms with Crippen LogP contribution in [0.4, 0.5) is 0 Å². The van der Waals surface area contributed by atoms with E-state index in [2.05, 4.69) is 10.6 Å². The molecule has 2 fully saturated rings. The maximum absolute atomic E-state index is 11.6. The number of hydrogen-bond donors (Lipinski definition) is 2. The second-order valence-corrected chi connectivity index (χ2v) is 5.22. The molecule has 2 aliphatic heterocycles. The van der Waals surface area contributed by atoms with Crippen molar-refractivity contribution in [2.24, 2.45) is 0 Å². The van der Waals surface area contributed by atoms with E-state index in [-0.39, 0.29) is 11.9 Å². The van der Waals surface area contributed by atoms with Crippen LogP contribution in [0.25, 0.3) is 0 Å². The Morgan fingerprint density at radius 3 is 3.07 bits per heavy atom. The average molecular weight is 214 g/mol. The van der Waals surface area contributed by atoms with Gasteiger partial charge in [0, 0.05) is 18.3 Å². The zero-order chi connectivity index (χ0) is 9.80. The van der Waals surface area contributed by atoms with E-state index in [0.29, 0.717) is 6.04 Å². The minimum atomic E-state index is 0.0706. The van der Waals surface area contributed by atoms with Crippen LogP contribution in [-0.2, 0) is 4.79 Å². The molecule has 80 valence electrons. The van der Waals surface area contributed by atoms with Gasteiger partial charge in [-0.25, -0.2) is 0 Å². The highest BCUT2D eigenvalue weighted by atomic mass is 32.2. The van der Waals surface area contributed by atoms with Gasteiger partial charge < -0.3 is 10.6 Å². The Morgan fingerprint density at radius 1 is 1.36 bits per heavy atom. The maximum Gasteiger partial charge on any atom is 0.237 e. The highest BCUT2D eigenvalue weighted by Crippen LogP contribution is 2.18. The van der Waals surface area contributed by atoms with E-state index in [9.17, 15) is 4.79 Å². The molecule has 4 heteroatoms. The standard InChI is InChI=1S/C10H18N2OS/c13-10-9(3-1-2-5-11-10)12-8-4-6-14-7-8/h8-9,12H,1-7H2,(H,11,13). The summed E-state index contributed by atoms with van der Waals surface area (Å²) in [5.74, 6) is 2.62. The molecule has 0 radical (unpaired) electrons. The van der Waals surface area contributed by atoms with Gasteiger partial charge in [-0.15, -0.1) is 0 Å². The minimum absolute atomic E-state index is 0.0706. The molecule has 2 atom stereocenters. The van der Waals surface area contributed by atoms with E-state index >= 15 is 0 Å². The summed E-state index contributed by atoms with van der Waals surface area (Å²) in [5, 5.41) is 6.43. The van der Waals surface area contributed by atoms with Gasteiger partial charge in [-0.05, 0) is 31.4 Å². The summed E-state index contributed by atoms with van der Waals surface area (Å²) in [5.41, 5.74) is 0. The Morgan fingerprint density at radius 2 is 2.29 bits per heavy atom. The van der Waals surface area contributed by atoms with Crippen molar-refractivity contribution in [2.45, 2.75) is 37.8 Å². The molecule has 2 saturated heterocycles. The Kier molecular flexibility index (Phi) is 3.70. The van der Waals surface area contributed by atoms with E-state index in [1.54, 1.807) is 0 Å². The molecule has 14 heavy (non-hydrogen) atoms. The first-order chi connectivity index (χ1) is 6.86. The molecular weight excluding hydrogens is 196 g/mol. The molecule has 0 spiro atoms. The second-order valence-electron chi connectivity index (χ2n) is 4.07. The number of carbonyl (C=O) groups excluding carboxylic acids is 1. The first-order valence-corrected chi connectivity index (χ1v) is 6.63. The van der Waals surface area contributed by atoms with Crippen molar-refractivity contribution in [1.82, 2.24) is 10.6 Å². The Balaban J connectivity index is 1.84. The Labute approximate surface area is 89.4 Å². The van der Waals surface area contributed by atoms with E-state index < -0.39 is 0 Å². The topological polar surface area (TPSA) is 41.1 Å². The first kappa shape index (κ1) is 10.3. The number of hydrogen-bond acceptors (Lipinski definition) is 3. The fraction of sp³-hybridized carbons (Fsp3) is 0.900. The molecule has 0 aromatic rings. The molecule has 0 bridgehead atoms. The van der Waals surface area contributed by atoms with Crippen LogP contribution in [0, 0.1) is 0 Å². The number of amides is 1. The van der Waals surface area contributed by atoms with Gasteiger partial charge in [-0.3, -0.25) is 4.79 Å². The first-order valence-electron chi connectivity index (χ1n) is 5.48. The zero-order valence-electron chi connectivity index (χ0n) is 8.42. The van der Waals surface area contributed by atoms with Crippen molar-refractivity contribution in [3.05, 3.63) is 0 Å². The summed E-state index contributed by atoms with van der Waals surface area (Å²) in [6, 6.07) is 0.634. The van der Waals surface area contributed by atoms with Crippen molar-refractivity contribution >= 4 is 17.7 Å². The summed E-state index contributed by atoms with van der Waals surface area (Å²) < 4.78 is 0. The SMILES string of the molecule is O=C1NCCCCC1NC1CCSC1. The van der Waals surface area contributed by atoms with Crippen LogP contribution in [0.5, 0.6) is 0 Å². The summed E-state index contributed by atoms with van der Waals surface area (Å²) in [6.45, 7) is 0.858. The van der Waals surface area contributed by atoms with Crippen LogP contribution < -0.4 is 10.6 Å². The van der Waals surface area contributed by atoms with Crippen LogP contribution in [0.3, 0.4) is 0 Å². The van der Waals surface area contributed by atoms with Gasteiger partial charge >= 0.3 is 0 Å². The molecule has 1 amide bonds. The van der Waals surface area contributed by atoms with E-state index in [0.717, 1.165) is 25.8 Å². The second kappa shape index (κ2) is 5.03. The lowest BCUT2D eigenvalue weighted by atomic mass is 10.1. The zero-order valence-corrected chi connectivity index (χ0v) is 9.24. The minimum Gasteiger partial charge on any atom is -0.355 e. The molecular formula is C10H18N2OS. The van der Waals surface area contributed by atoms with Gasteiger partial charge in [0.15, 0.2) is 0 Å². The molecule has 0 aliphatic carbocycles. The van der Waals surface area contributed by atoms with Crippen LogP contribution in [0.1, 0.15) is 25.7 Å². The smallest absolute Gasteiger partial charge is 0.237 e. The fourth-order valence-electron chi connectivity index (χ4n) is 2.05. The van der Waals surface area contributed by atoms with Gasteiger partial charge in [0.1, 0.15) is 0 Å². The van der Waals surface area contributed by atoms with Crippen molar-refractivity contribution in [1.29, 1.82) is 0 Å². The van der Waals surface area contributed by atoms with E-state index in [1.165, 1.54) is 17.9 Å². The lowest BCUT2D eigenvalue weighted by Gasteiger charge is -2.19. The number of thioether (sulfide) groups is 1. The Hall–Kier alpha value is -0.220. The molecule has 3 nitrogen and oxygen atoms in total. The predicted octanol–water partition coefficient (Wildman–Crippen LogP) is 0.750. The van der Waals surface area contributed by atoms with Gasteiger partial charge in [-0.1, -0.05) is 0 Å². The lowest BCUT2D eigenvalue weighted by molar-refractivity contribution is -0.123. The third kappa shape index (κ3) is 2.64. The van der Waals surface area contributed by atoms with Crippen LogP contribution in [-0.4, -0.2) is 36.0 Å². The van der Waals surface area contributed by atoms with Crippen molar-refractivity contribution in [3.63, 3.8) is 0 Å². The normalized spacial score (nSPS) is 33.9. The fourth-order valence-corrected chi connectivity index (χ4v) is 3.21. The van der Waals surface area contributed by atoms with Gasteiger partial charge in [0.2, 0.25) is 5.91 Å². The quantitative estimate of drug-likeness (QED) is 0.713. The monoisotopic (exact) mass is 214 g/mol. The van der Waals surface area contributed by atoms with E-state index in [4.69, 9.17) is 0 Å². The van der Waals surface area contributed by atoms with Crippen molar-refractivity contribution in [3.8, 4) is 0 Å². The summed E-state index contributed by atoms with van der Waals surface area (Å²) in [7, 11) is 0. The average Bonchev–Trinajstić information content (AvgIpc) is 2.60. The van der Waals surface area contributed by atoms with Gasteiger partial charge in [-0.2, -0.15) is 11.8 Å². The van der Waals surface area contributed by atoms with Crippen LogP contribution in [0.2, 0.25) is 0 Å². The summed E-state index contributed by atoms with van der Waals surface area (Å²) in [6.07, 6.45) is 4.51. The largest absolute Gasteiger partial charge is 0.355 e. The molecule has 0 aromatic carbocycles. The highest BCUT2D eigenvalue weighted by molar-refractivity contribution is 7.99. The van der Waals surface area contributed by atoms with Gasteiger partial charge in [0.05, 0.1) is 6.04 Å². The third-order valence-electron chi connectivity index (χ3n) is 2.90. The van der Waals surface area contributed by atoms with Crippen molar-refractivity contribution in [2.75, 3.05) is 18.1 Å². The molecule has 2 N–H and O–H groups in total. The molecule has 2 heterocycles. The van der Waals surface area contributed by atoms with Crippen molar-refractivity contribution < 1.29 is 4.79 Å². The lowest BCUT2D eigenvalue weighted by Crippen LogP contribution is -2.47. The maximum atomic E-state index is 11.6. The summed E-state index contributed by atoms with van der Waals surface area (Å²) >= 11 is 1.98.